The summed E-state index contributed by atoms with van der Waals surface area (Å²) in [6.07, 6.45) is 5.33. The van der Waals surface area contributed by atoms with E-state index in [0.717, 1.165) is 30.0 Å². The predicted octanol–water partition coefficient (Wildman–Crippen LogP) is 3.22. The van der Waals surface area contributed by atoms with Crippen LogP contribution in [-0.2, 0) is 17.6 Å². The molecule has 0 fully saturated rings. The molecule has 130 valence electrons. The molecular formula is C17H18N4O3S. The molecule has 1 aliphatic rings. The van der Waals surface area contributed by atoms with Crippen molar-refractivity contribution in [3.63, 3.8) is 0 Å². The highest BCUT2D eigenvalue weighted by molar-refractivity contribution is 7.11. The molecule has 1 aliphatic carbocycles. The van der Waals surface area contributed by atoms with Crippen LogP contribution in [0.15, 0.2) is 27.3 Å². The van der Waals surface area contributed by atoms with Gasteiger partial charge < -0.3 is 14.3 Å². The van der Waals surface area contributed by atoms with E-state index < -0.39 is 0 Å². The molecule has 1 amide bonds. The lowest BCUT2D eigenvalue weighted by molar-refractivity contribution is -0.122. The van der Waals surface area contributed by atoms with Crippen molar-refractivity contribution in [1.29, 1.82) is 0 Å². The predicted molar refractivity (Wildman–Crippen MR) is 91.0 cm³/mol. The van der Waals surface area contributed by atoms with Crippen LogP contribution in [-0.4, -0.2) is 21.0 Å². The van der Waals surface area contributed by atoms with Crippen LogP contribution in [0.4, 0.5) is 0 Å². The lowest BCUT2D eigenvalue weighted by Gasteiger charge is -2.22. The molecule has 7 nitrogen and oxygen atoms in total. The molecule has 4 rings (SSSR count). The van der Waals surface area contributed by atoms with E-state index >= 15 is 0 Å². The molecular weight excluding hydrogens is 340 g/mol. The number of nitrogens with one attached hydrogen (secondary N) is 1. The lowest BCUT2D eigenvalue weighted by Crippen LogP contribution is -2.31. The Balaban J connectivity index is 1.34. The van der Waals surface area contributed by atoms with Crippen molar-refractivity contribution in [3.8, 4) is 11.6 Å². The molecule has 0 saturated carbocycles. The Morgan fingerprint density at radius 1 is 1.44 bits per heavy atom. The Morgan fingerprint density at radius 3 is 3.20 bits per heavy atom. The molecule has 0 spiro atoms. The molecule has 0 radical (unpaired) electrons. The van der Waals surface area contributed by atoms with Crippen molar-refractivity contribution >= 4 is 17.2 Å². The highest BCUT2D eigenvalue weighted by Gasteiger charge is 2.25. The third kappa shape index (κ3) is 3.48. The molecule has 3 aromatic rings. The number of carbonyl (C=O) groups is 1. The molecule has 3 aromatic heterocycles. The second-order valence-electron chi connectivity index (χ2n) is 6.04. The minimum absolute atomic E-state index is 0.0163. The van der Waals surface area contributed by atoms with Crippen LogP contribution >= 0.6 is 11.3 Å². The fourth-order valence-electron chi connectivity index (χ4n) is 3.03. The highest BCUT2D eigenvalue weighted by Crippen LogP contribution is 2.33. The number of amides is 1. The van der Waals surface area contributed by atoms with Crippen LogP contribution in [0.3, 0.4) is 0 Å². The zero-order valence-electron chi connectivity index (χ0n) is 13.8. The first-order chi connectivity index (χ1) is 12.2. The molecule has 3 heterocycles. The molecule has 0 saturated heterocycles. The largest absolute Gasteiger partial charge is 0.461 e. The summed E-state index contributed by atoms with van der Waals surface area (Å²) in [5.41, 5.74) is 1.04. The third-order valence-electron chi connectivity index (χ3n) is 4.17. The maximum atomic E-state index is 12.3. The summed E-state index contributed by atoms with van der Waals surface area (Å²) in [5.74, 6) is 1.35. The number of furan rings is 1. The van der Waals surface area contributed by atoms with Gasteiger partial charge in [-0.1, -0.05) is 5.16 Å². The van der Waals surface area contributed by atoms with Gasteiger partial charge in [0.15, 0.2) is 5.76 Å². The Kier molecular flexibility index (Phi) is 4.35. The standard InChI is InChI=1S/C17H18N4O3S/c1-10-18-16-11(4-2-6-13(16)25-10)19-14(22)7-8-15-20-17(21-24-15)12-5-3-9-23-12/h3,5,9,11H,2,4,6-8H2,1H3,(H,19,22). The van der Waals surface area contributed by atoms with Gasteiger partial charge >= 0.3 is 0 Å². The number of carbonyl (C=O) groups excluding carboxylic acids is 1. The quantitative estimate of drug-likeness (QED) is 0.752. The van der Waals surface area contributed by atoms with Gasteiger partial charge in [-0.25, -0.2) is 4.98 Å². The maximum Gasteiger partial charge on any atom is 0.238 e. The second kappa shape index (κ2) is 6.79. The zero-order chi connectivity index (χ0) is 17.2. The summed E-state index contributed by atoms with van der Waals surface area (Å²) in [7, 11) is 0. The Bertz CT molecular complexity index is 868. The maximum absolute atomic E-state index is 12.3. The molecule has 1 N–H and O–H groups in total. The van der Waals surface area contributed by atoms with Gasteiger partial charge in [-0.05, 0) is 38.3 Å². The third-order valence-corrected chi connectivity index (χ3v) is 5.22. The minimum atomic E-state index is -0.0266. The summed E-state index contributed by atoms with van der Waals surface area (Å²) in [4.78, 5) is 22.4. The van der Waals surface area contributed by atoms with Gasteiger partial charge in [-0.3, -0.25) is 4.79 Å². The van der Waals surface area contributed by atoms with E-state index in [9.17, 15) is 4.79 Å². The van der Waals surface area contributed by atoms with Crippen molar-refractivity contribution in [3.05, 3.63) is 39.9 Å². The van der Waals surface area contributed by atoms with Gasteiger partial charge in [0.1, 0.15) is 0 Å². The summed E-state index contributed by atoms with van der Waals surface area (Å²) in [5, 5.41) is 8.01. The van der Waals surface area contributed by atoms with Gasteiger partial charge in [-0.2, -0.15) is 4.98 Å². The molecule has 0 bridgehead atoms. The summed E-state index contributed by atoms with van der Waals surface area (Å²) in [6, 6.07) is 3.54. The van der Waals surface area contributed by atoms with Crippen LogP contribution in [0.5, 0.6) is 0 Å². The van der Waals surface area contributed by atoms with Crippen LogP contribution < -0.4 is 5.32 Å². The van der Waals surface area contributed by atoms with E-state index in [1.165, 1.54) is 4.88 Å². The Morgan fingerprint density at radius 2 is 2.36 bits per heavy atom. The number of hydrogen-bond acceptors (Lipinski definition) is 7. The lowest BCUT2D eigenvalue weighted by atomic mass is 9.97. The van der Waals surface area contributed by atoms with Crippen molar-refractivity contribution in [2.45, 2.75) is 45.1 Å². The average molecular weight is 358 g/mol. The summed E-state index contributed by atoms with van der Waals surface area (Å²) in [6.45, 7) is 2.01. The van der Waals surface area contributed by atoms with Gasteiger partial charge in [-0.15, -0.1) is 11.3 Å². The van der Waals surface area contributed by atoms with E-state index in [4.69, 9.17) is 8.94 Å². The summed E-state index contributed by atoms with van der Waals surface area (Å²) >= 11 is 1.73. The van der Waals surface area contributed by atoms with Crippen LogP contribution in [0.25, 0.3) is 11.6 Å². The van der Waals surface area contributed by atoms with E-state index in [0.29, 0.717) is 30.3 Å². The minimum Gasteiger partial charge on any atom is -0.461 e. The first-order valence-electron chi connectivity index (χ1n) is 8.31. The van der Waals surface area contributed by atoms with Gasteiger partial charge in [0, 0.05) is 17.7 Å². The van der Waals surface area contributed by atoms with E-state index in [1.54, 1.807) is 29.7 Å². The number of aromatic nitrogens is 3. The molecule has 0 aromatic carbocycles. The van der Waals surface area contributed by atoms with Crippen molar-refractivity contribution in [2.24, 2.45) is 0 Å². The second-order valence-corrected chi connectivity index (χ2v) is 7.33. The van der Waals surface area contributed by atoms with Crippen molar-refractivity contribution in [2.75, 3.05) is 0 Å². The van der Waals surface area contributed by atoms with Crippen LogP contribution in [0.1, 0.15) is 46.8 Å². The SMILES string of the molecule is Cc1nc2c(s1)CCCC2NC(=O)CCc1nc(-c2ccco2)no1. The number of thiazole rings is 1. The van der Waals surface area contributed by atoms with Gasteiger partial charge in [0.2, 0.25) is 17.6 Å². The van der Waals surface area contributed by atoms with Gasteiger partial charge in [0.25, 0.3) is 0 Å². The van der Waals surface area contributed by atoms with Crippen LogP contribution in [0.2, 0.25) is 0 Å². The van der Waals surface area contributed by atoms with E-state index in [2.05, 4.69) is 20.4 Å². The highest BCUT2D eigenvalue weighted by atomic mass is 32.1. The van der Waals surface area contributed by atoms with Crippen LogP contribution in [0, 0.1) is 6.92 Å². The molecule has 0 aliphatic heterocycles. The first-order valence-corrected chi connectivity index (χ1v) is 9.13. The average Bonchev–Trinajstić information content (AvgIpc) is 3.32. The van der Waals surface area contributed by atoms with Gasteiger partial charge in [0.05, 0.1) is 23.0 Å². The number of aryl methyl sites for hydroxylation is 3. The molecule has 25 heavy (non-hydrogen) atoms. The zero-order valence-corrected chi connectivity index (χ0v) is 14.6. The summed E-state index contributed by atoms with van der Waals surface area (Å²) < 4.78 is 10.4. The fourth-order valence-corrected chi connectivity index (χ4v) is 4.07. The number of rotatable bonds is 5. The topological polar surface area (TPSA) is 94.1 Å². The van der Waals surface area contributed by atoms with Crippen molar-refractivity contribution in [1.82, 2.24) is 20.4 Å². The normalized spacial score (nSPS) is 16.6. The van der Waals surface area contributed by atoms with Crippen molar-refractivity contribution < 1.29 is 13.7 Å². The Hall–Kier alpha value is -2.48. The first kappa shape index (κ1) is 16.0. The number of fused-ring (bicyclic) bond motifs is 1. The Labute approximate surface area is 148 Å². The van der Waals surface area contributed by atoms with E-state index in [1.807, 2.05) is 6.92 Å². The molecule has 1 atom stereocenters. The molecule has 8 heteroatoms. The molecule has 1 unspecified atom stereocenters. The van der Waals surface area contributed by atoms with E-state index in [-0.39, 0.29) is 11.9 Å². The monoisotopic (exact) mass is 358 g/mol. The number of hydrogen-bond donors (Lipinski definition) is 1. The number of nitrogens with zero attached hydrogens (tertiary/aromatic N) is 3. The fraction of sp³-hybridized carbons (Fsp3) is 0.412. The smallest absolute Gasteiger partial charge is 0.238 e.